The zero-order valence-corrected chi connectivity index (χ0v) is 12.0. The molecule has 116 valence electrons. The van der Waals surface area contributed by atoms with Gasteiger partial charge in [-0.2, -0.15) is 0 Å². The summed E-state index contributed by atoms with van der Waals surface area (Å²) < 4.78 is 6.56. The minimum atomic E-state index is -1.18. The SMILES string of the molecule is CC(Cc1ccccc1)[n+]1cc(NC([O-])=NCC(=O)O)on1. The van der Waals surface area contributed by atoms with E-state index in [1.54, 1.807) is 4.68 Å². The number of carbonyl (C=O) groups is 1. The molecule has 1 atom stereocenters. The van der Waals surface area contributed by atoms with E-state index in [9.17, 15) is 9.90 Å². The quantitative estimate of drug-likeness (QED) is 0.440. The molecule has 1 aromatic heterocycles. The molecule has 0 aliphatic rings. The number of hydrogen-bond donors (Lipinski definition) is 2. The summed E-state index contributed by atoms with van der Waals surface area (Å²) in [5.74, 6) is -1.07. The predicted octanol–water partition coefficient (Wildman–Crippen LogP) is -0.0214. The van der Waals surface area contributed by atoms with Crippen molar-refractivity contribution in [1.82, 2.24) is 5.27 Å². The molecule has 1 heterocycles. The number of aromatic nitrogens is 2. The summed E-state index contributed by atoms with van der Waals surface area (Å²) >= 11 is 0. The second-order valence-corrected chi connectivity index (χ2v) is 4.73. The van der Waals surface area contributed by atoms with Crippen molar-refractivity contribution in [2.75, 3.05) is 11.9 Å². The molecule has 0 aliphatic heterocycles. The summed E-state index contributed by atoms with van der Waals surface area (Å²) in [5.41, 5.74) is 1.16. The molecule has 22 heavy (non-hydrogen) atoms. The van der Waals surface area contributed by atoms with Crippen LogP contribution >= 0.6 is 0 Å². The number of nitrogens with one attached hydrogen (secondary N) is 1. The predicted molar refractivity (Wildman–Crippen MR) is 75.1 cm³/mol. The molecule has 0 aliphatic carbocycles. The highest BCUT2D eigenvalue weighted by Gasteiger charge is 2.19. The van der Waals surface area contributed by atoms with Crippen molar-refractivity contribution < 1.29 is 24.2 Å². The Hall–Kier alpha value is -2.90. The topological polar surface area (TPSA) is 115 Å². The van der Waals surface area contributed by atoms with Gasteiger partial charge in [-0.3, -0.25) is 14.3 Å². The van der Waals surface area contributed by atoms with Gasteiger partial charge in [0.25, 0.3) is 12.1 Å². The molecule has 0 saturated heterocycles. The largest absolute Gasteiger partial charge is 0.846 e. The van der Waals surface area contributed by atoms with Crippen LogP contribution in [0.25, 0.3) is 0 Å². The van der Waals surface area contributed by atoms with Gasteiger partial charge in [0.15, 0.2) is 6.04 Å². The number of aliphatic carboxylic acids is 1. The van der Waals surface area contributed by atoms with Gasteiger partial charge in [0.1, 0.15) is 6.54 Å². The number of rotatable bonds is 6. The lowest BCUT2D eigenvalue weighted by molar-refractivity contribution is -0.782. The molecule has 2 N–H and O–H groups in total. The number of nitrogens with zero attached hydrogens (tertiary/aromatic N) is 3. The minimum absolute atomic E-state index is 0.0350. The summed E-state index contributed by atoms with van der Waals surface area (Å²) in [6.45, 7) is 1.38. The number of hydrogen-bond acceptors (Lipinski definition) is 5. The van der Waals surface area contributed by atoms with Crippen molar-refractivity contribution in [1.29, 1.82) is 0 Å². The molecule has 8 nitrogen and oxygen atoms in total. The van der Waals surface area contributed by atoms with Gasteiger partial charge in [-0.25, -0.2) is 0 Å². The Morgan fingerprint density at radius 3 is 2.91 bits per heavy atom. The van der Waals surface area contributed by atoms with Crippen molar-refractivity contribution in [3.63, 3.8) is 0 Å². The molecule has 1 aromatic carbocycles. The van der Waals surface area contributed by atoms with E-state index in [-0.39, 0.29) is 11.9 Å². The van der Waals surface area contributed by atoms with Crippen LogP contribution in [-0.2, 0) is 11.2 Å². The Balaban J connectivity index is 1.96. The second-order valence-electron chi connectivity index (χ2n) is 4.73. The van der Waals surface area contributed by atoms with Crippen molar-refractivity contribution in [3.05, 3.63) is 42.1 Å². The molecule has 0 spiro atoms. The number of anilines is 1. The highest BCUT2D eigenvalue weighted by molar-refractivity contribution is 5.85. The molecule has 1 unspecified atom stereocenters. The van der Waals surface area contributed by atoms with Crippen molar-refractivity contribution in [2.24, 2.45) is 4.99 Å². The lowest BCUT2D eigenvalue weighted by Crippen LogP contribution is -2.40. The van der Waals surface area contributed by atoms with Crippen LogP contribution in [0.4, 0.5) is 5.88 Å². The van der Waals surface area contributed by atoms with Gasteiger partial charge in [0, 0.05) is 13.3 Å². The highest BCUT2D eigenvalue weighted by atomic mass is 16.5. The maximum Gasteiger partial charge on any atom is 0.325 e. The van der Waals surface area contributed by atoms with E-state index in [4.69, 9.17) is 9.63 Å². The van der Waals surface area contributed by atoms with Crippen molar-refractivity contribution in [3.8, 4) is 0 Å². The zero-order chi connectivity index (χ0) is 15.9. The number of carboxylic acid groups (broad SMARTS) is 1. The van der Waals surface area contributed by atoms with Crippen LogP contribution in [0.3, 0.4) is 0 Å². The average molecular weight is 304 g/mol. The van der Waals surface area contributed by atoms with Crippen molar-refractivity contribution in [2.45, 2.75) is 19.4 Å². The number of amidine groups is 1. The van der Waals surface area contributed by atoms with Crippen LogP contribution in [0.2, 0.25) is 0 Å². The van der Waals surface area contributed by atoms with E-state index in [0.29, 0.717) is 0 Å². The third kappa shape index (κ3) is 4.58. The Morgan fingerprint density at radius 2 is 2.23 bits per heavy atom. The second kappa shape index (κ2) is 7.21. The molecule has 0 amide bonds. The molecule has 0 bridgehead atoms. The molecular formula is C14H16N4O4. The Bertz CT molecular complexity index is 654. The lowest BCUT2D eigenvalue weighted by atomic mass is 10.1. The molecule has 2 aromatic rings. The van der Waals surface area contributed by atoms with Crippen LogP contribution in [-0.4, -0.2) is 28.9 Å². The summed E-state index contributed by atoms with van der Waals surface area (Å²) in [7, 11) is 0. The number of aliphatic imine (C=N–C) groups is 1. The fourth-order valence-corrected chi connectivity index (χ4v) is 1.85. The van der Waals surface area contributed by atoms with Gasteiger partial charge in [0.2, 0.25) is 5.27 Å². The van der Waals surface area contributed by atoms with Crippen LogP contribution in [0.5, 0.6) is 0 Å². The molecule has 2 rings (SSSR count). The van der Waals surface area contributed by atoms with E-state index >= 15 is 0 Å². The van der Waals surface area contributed by atoms with E-state index < -0.39 is 18.5 Å². The fraction of sp³-hybridized carbons (Fsp3) is 0.286. The van der Waals surface area contributed by atoms with Gasteiger partial charge in [-0.1, -0.05) is 30.3 Å². The first kappa shape index (κ1) is 15.5. The standard InChI is InChI=1S/C14H16N4O4/c1-10(7-11-5-3-2-4-6-11)18-9-12(22-17-18)16-14(21)15-8-13(19)20/h2-6,9-10H,7-8H2,1H3,(H2-,15,16,17,19,20,21). The zero-order valence-electron chi connectivity index (χ0n) is 12.0. The maximum absolute atomic E-state index is 11.3. The monoisotopic (exact) mass is 304 g/mol. The van der Waals surface area contributed by atoms with Crippen LogP contribution in [0.1, 0.15) is 18.5 Å². The molecular weight excluding hydrogens is 288 g/mol. The van der Waals surface area contributed by atoms with Crippen LogP contribution in [0.15, 0.2) is 46.0 Å². The van der Waals surface area contributed by atoms with Gasteiger partial charge in [-0.15, -0.1) is 0 Å². The summed E-state index contributed by atoms with van der Waals surface area (Å²) in [6.07, 6.45) is 2.29. The van der Waals surface area contributed by atoms with E-state index in [1.165, 1.54) is 6.20 Å². The molecule has 8 heteroatoms. The third-order valence-electron chi connectivity index (χ3n) is 2.90. The van der Waals surface area contributed by atoms with Crippen LogP contribution < -0.4 is 15.1 Å². The summed E-state index contributed by atoms with van der Waals surface area (Å²) in [5, 5.41) is 25.9. The minimum Gasteiger partial charge on any atom is -0.846 e. The van der Waals surface area contributed by atoms with Gasteiger partial charge in [0.05, 0.1) is 6.02 Å². The first-order valence-electron chi connectivity index (χ1n) is 6.67. The first-order valence-corrected chi connectivity index (χ1v) is 6.67. The Labute approximate surface area is 126 Å². The van der Waals surface area contributed by atoms with E-state index in [1.807, 2.05) is 37.3 Å². The molecule has 0 saturated carbocycles. The number of carboxylic acids is 1. The third-order valence-corrected chi connectivity index (χ3v) is 2.90. The fourth-order valence-electron chi connectivity index (χ4n) is 1.85. The van der Waals surface area contributed by atoms with Gasteiger partial charge >= 0.3 is 5.97 Å². The van der Waals surface area contributed by atoms with Gasteiger partial charge < -0.3 is 15.5 Å². The first-order chi connectivity index (χ1) is 10.5. The van der Waals surface area contributed by atoms with Crippen molar-refractivity contribution >= 4 is 17.9 Å². The lowest BCUT2D eigenvalue weighted by Gasteiger charge is -2.07. The smallest absolute Gasteiger partial charge is 0.325 e. The molecule has 0 fully saturated rings. The van der Waals surface area contributed by atoms with Crippen LogP contribution in [0, 0.1) is 0 Å². The van der Waals surface area contributed by atoms with E-state index in [2.05, 4.69) is 15.6 Å². The summed E-state index contributed by atoms with van der Waals surface area (Å²) in [4.78, 5) is 13.6. The Kier molecular flexibility index (Phi) is 5.07. The Morgan fingerprint density at radius 1 is 1.50 bits per heavy atom. The average Bonchev–Trinajstić information content (AvgIpc) is 2.95. The number of benzene rings is 1. The molecule has 0 radical (unpaired) electrons. The maximum atomic E-state index is 11.3. The van der Waals surface area contributed by atoms with Gasteiger partial charge in [-0.05, 0) is 10.2 Å². The van der Waals surface area contributed by atoms with E-state index in [0.717, 1.165) is 12.0 Å². The highest BCUT2D eigenvalue weighted by Crippen LogP contribution is 2.09. The summed E-state index contributed by atoms with van der Waals surface area (Å²) in [6, 6.07) is 9.16. The normalized spacial score (nSPS) is 12.9.